The first-order valence-electron chi connectivity index (χ1n) is 10.3. The molecule has 3 aromatic rings. The van der Waals surface area contributed by atoms with Crippen molar-refractivity contribution in [3.05, 3.63) is 60.3 Å². The van der Waals surface area contributed by atoms with Gasteiger partial charge in [0.05, 0.1) is 10.4 Å². The van der Waals surface area contributed by atoms with Crippen molar-refractivity contribution < 1.29 is 31.5 Å². The van der Waals surface area contributed by atoms with Crippen molar-refractivity contribution in [1.29, 1.82) is 0 Å². The average Bonchev–Trinajstić information content (AvgIpc) is 3.09. The predicted molar refractivity (Wildman–Crippen MR) is 118 cm³/mol. The number of carbonyl (C=O) groups excluding carboxylic acids is 1. The van der Waals surface area contributed by atoms with Crippen molar-refractivity contribution in [2.45, 2.75) is 43.8 Å². The monoisotopic (exact) mass is 478 g/mol. The van der Waals surface area contributed by atoms with Crippen molar-refractivity contribution in [2.75, 3.05) is 13.1 Å². The number of nitrogens with zero attached hydrogens (tertiary/aromatic N) is 2. The van der Waals surface area contributed by atoms with Crippen LogP contribution in [0.15, 0.2) is 59.6 Å². The molecule has 2 heterocycles. The number of hydrogen-bond acceptors (Lipinski definition) is 5. The second-order valence-corrected chi connectivity index (χ2v) is 10.7. The third-order valence-corrected chi connectivity index (χ3v) is 6.99. The molecular weight excluding hydrogens is 454 g/mol. The van der Waals surface area contributed by atoms with E-state index in [1.807, 2.05) is 32.9 Å². The molecule has 176 valence electrons. The minimum Gasteiger partial charge on any atom is -0.444 e. The fourth-order valence-corrected chi connectivity index (χ4v) is 5.02. The summed E-state index contributed by atoms with van der Waals surface area (Å²) in [4.78, 5) is 13.7. The highest BCUT2D eigenvalue weighted by Crippen LogP contribution is 2.32. The van der Waals surface area contributed by atoms with Gasteiger partial charge in [0.25, 0.3) is 10.0 Å². The third kappa shape index (κ3) is 4.80. The average molecular weight is 479 g/mol. The number of hydrogen-bond donors (Lipinski definition) is 0. The number of aromatic nitrogens is 1. The lowest BCUT2D eigenvalue weighted by Crippen LogP contribution is -2.50. The van der Waals surface area contributed by atoms with Gasteiger partial charge in [-0.05, 0) is 68.8 Å². The van der Waals surface area contributed by atoms with Crippen molar-refractivity contribution >= 4 is 27.0 Å². The number of amides is 1. The van der Waals surface area contributed by atoms with Crippen LogP contribution >= 0.6 is 0 Å². The van der Waals surface area contributed by atoms with Gasteiger partial charge in [0.15, 0.2) is 0 Å². The lowest BCUT2D eigenvalue weighted by Gasteiger charge is -2.40. The Morgan fingerprint density at radius 1 is 1.06 bits per heavy atom. The molecule has 4 rings (SSSR count). The summed E-state index contributed by atoms with van der Waals surface area (Å²) >= 11 is 0. The molecule has 0 saturated carbocycles. The first-order valence-corrected chi connectivity index (χ1v) is 11.8. The predicted octanol–water partition coefficient (Wildman–Crippen LogP) is 4.81. The summed E-state index contributed by atoms with van der Waals surface area (Å²) < 4.78 is 61.6. The van der Waals surface area contributed by atoms with Crippen LogP contribution in [0.2, 0.25) is 0 Å². The first kappa shape index (κ1) is 23.0. The number of halogens is 2. The van der Waals surface area contributed by atoms with Gasteiger partial charge in [0, 0.05) is 30.6 Å². The smallest absolute Gasteiger partial charge is 0.410 e. The van der Waals surface area contributed by atoms with E-state index in [1.165, 1.54) is 30.5 Å². The Morgan fingerprint density at radius 3 is 2.33 bits per heavy atom. The van der Waals surface area contributed by atoms with Gasteiger partial charge in [0.1, 0.15) is 11.4 Å². The molecule has 0 bridgehead atoms. The normalized spacial score (nSPS) is 15.0. The molecule has 33 heavy (non-hydrogen) atoms. The Morgan fingerprint density at radius 2 is 1.73 bits per heavy atom. The number of alkyl halides is 2. The Kier molecular flexibility index (Phi) is 5.81. The van der Waals surface area contributed by atoms with E-state index in [1.54, 1.807) is 17.0 Å². The number of carbonyl (C=O) groups is 1. The van der Waals surface area contributed by atoms with E-state index in [0.717, 1.165) is 14.9 Å². The van der Waals surface area contributed by atoms with Crippen molar-refractivity contribution in [1.82, 2.24) is 8.87 Å². The molecule has 0 N–H and O–H groups in total. The number of rotatable bonds is 5. The molecule has 0 radical (unpaired) electrons. The zero-order valence-corrected chi connectivity index (χ0v) is 19.2. The number of fused-ring (bicyclic) bond motifs is 1. The molecule has 10 heteroatoms. The molecule has 1 saturated heterocycles. The molecule has 1 aliphatic rings. The van der Waals surface area contributed by atoms with Crippen LogP contribution in [-0.2, 0) is 14.8 Å². The molecule has 0 unspecified atom stereocenters. The largest absolute Gasteiger partial charge is 0.444 e. The summed E-state index contributed by atoms with van der Waals surface area (Å²) in [5.41, 5.74) is 0.951. The second-order valence-electron chi connectivity index (χ2n) is 8.87. The van der Waals surface area contributed by atoms with Crippen LogP contribution < -0.4 is 4.74 Å². The SMILES string of the molecule is CC(C)(C)OC(=O)N1CC(c2ccc3c(ccn3S(=O)(=O)c3ccc(OC(F)F)cc3)c2)C1. The summed E-state index contributed by atoms with van der Waals surface area (Å²) in [5, 5.41) is 0.740. The number of benzene rings is 2. The number of ether oxygens (including phenoxy) is 2. The van der Waals surface area contributed by atoms with E-state index in [-0.39, 0.29) is 22.7 Å². The Bertz CT molecular complexity index is 1270. The van der Waals surface area contributed by atoms with Gasteiger partial charge < -0.3 is 14.4 Å². The Hall–Kier alpha value is -3.14. The van der Waals surface area contributed by atoms with Gasteiger partial charge in [0.2, 0.25) is 0 Å². The molecule has 1 aromatic heterocycles. The standard InChI is InChI=1S/C23H24F2N2O5S/c1-23(2,3)32-22(28)26-13-17(14-26)15-4-9-20-16(12-15)10-11-27(20)33(29,30)19-7-5-18(6-8-19)31-21(24)25/h4-12,17,21H,13-14H2,1-3H3. The summed E-state index contributed by atoms with van der Waals surface area (Å²) in [6.45, 7) is 3.54. The van der Waals surface area contributed by atoms with E-state index in [4.69, 9.17) is 4.74 Å². The summed E-state index contributed by atoms with van der Waals surface area (Å²) in [6.07, 6.45) is 1.11. The van der Waals surface area contributed by atoms with Crippen LogP contribution in [0.1, 0.15) is 32.3 Å². The molecule has 0 aliphatic carbocycles. The van der Waals surface area contributed by atoms with Crippen LogP contribution in [-0.4, -0.2) is 48.7 Å². The summed E-state index contributed by atoms with van der Waals surface area (Å²) in [5.74, 6) is 0.0242. The lowest BCUT2D eigenvalue weighted by atomic mass is 9.91. The van der Waals surface area contributed by atoms with Crippen molar-refractivity contribution in [3.63, 3.8) is 0 Å². The van der Waals surface area contributed by atoms with Crippen molar-refractivity contribution in [2.24, 2.45) is 0 Å². The second kappa shape index (κ2) is 8.33. The minimum atomic E-state index is -3.93. The molecule has 2 aromatic carbocycles. The van der Waals surface area contributed by atoms with Gasteiger partial charge in [-0.25, -0.2) is 17.2 Å². The van der Waals surface area contributed by atoms with Crippen LogP contribution in [0.3, 0.4) is 0 Å². The van der Waals surface area contributed by atoms with Crippen molar-refractivity contribution in [3.8, 4) is 5.75 Å². The van der Waals surface area contributed by atoms with Gasteiger partial charge in [-0.1, -0.05) is 6.07 Å². The fraction of sp³-hybridized carbons (Fsp3) is 0.348. The minimum absolute atomic E-state index is 0.0438. The highest BCUT2D eigenvalue weighted by molar-refractivity contribution is 7.90. The topological polar surface area (TPSA) is 77.8 Å². The molecule has 0 atom stereocenters. The van der Waals surface area contributed by atoms with E-state index in [2.05, 4.69) is 4.74 Å². The number of likely N-dealkylation sites (tertiary alicyclic amines) is 1. The fourth-order valence-electron chi connectivity index (χ4n) is 3.67. The summed E-state index contributed by atoms with van der Waals surface area (Å²) in [7, 11) is -3.93. The molecular formula is C23H24F2N2O5S. The van der Waals surface area contributed by atoms with Crippen LogP contribution in [0, 0.1) is 0 Å². The molecule has 1 amide bonds. The van der Waals surface area contributed by atoms with Gasteiger partial charge in [-0.2, -0.15) is 8.78 Å². The zero-order valence-electron chi connectivity index (χ0n) is 18.4. The highest BCUT2D eigenvalue weighted by atomic mass is 32.2. The Labute approximate surface area is 190 Å². The quantitative estimate of drug-likeness (QED) is 0.526. The van der Waals surface area contributed by atoms with Gasteiger partial charge in [-0.3, -0.25) is 0 Å². The summed E-state index contributed by atoms with van der Waals surface area (Å²) in [6, 6.07) is 12.0. The maximum atomic E-state index is 13.1. The molecule has 7 nitrogen and oxygen atoms in total. The maximum Gasteiger partial charge on any atom is 0.410 e. The van der Waals surface area contributed by atoms with E-state index in [9.17, 15) is 22.0 Å². The molecule has 1 fully saturated rings. The maximum absolute atomic E-state index is 13.1. The van der Waals surface area contributed by atoms with E-state index < -0.39 is 22.2 Å². The molecule has 1 aliphatic heterocycles. The first-order chi connectivity index (χ1) is 15.4. The van der Waals surface area contributed by atoms with E-state index in [0.29, 0.717) is 18.6 Å². The van der Waals surface area contributed by atoms with Crippen LogP contribution in [0.25, 0.3) is 10.9 Å². The Balaban J connectivity index is 1.51. The lowest BCUT2D eigenvalue weighted by molar-refractivity contribution is -0.0498. The zero-order chi connectivity index (χ0) is 24.0. The third-order valence-electron chi connectivity index (χ3n) is 5.29. The van der Waals surface area contributed by atoms with Gasteiger partial charge in [-0.15, -0.1) is 0 Å². The van der Waals surface area contributed by atoms with Crippen LogP contribution in [0.5, 0.6) is 5.75 Å². The van der Waals surface area contributed by atoms with Gasteiger partial charge >= 0.3 is 12.7 Å². The van der Waals surface area contributed by atoms with E-state index >= 15 is 0 Å². The van der Waals surface area contributed by atoms with Crippen LogP contribution in [0.4, 0.5) is 13.6 Å². The highest BCUT2D eigenvalue weighted by Gasteiger charge is 2.34. The molecule has 0 spiro atoms.